The third-order valence-electron chi connectivity index (χ3n) is 7.61. The maximum atomic E-state index is 14.2. The highest BCUT2D eigenvalue weighted by molar-refractivity contribution is 6.15. The van der Waals surface area contributed by atoms with Gasteiger partial charge >= 0.3 is 11.9 Å². The first-order chi connectivity index (χ1) is 16.8. The molecule has 1 spiro atoms. The normalized spacial score (nSPS) is 21.8. The minimum atomic E-state index is -1.10. The van der Waals surface area contributed by atoms with Gasteiger partial charge in [-0.3, -0.25) is 0 Å². The van der Waals surface area contributed by atoms with Gasteiger partial charge in [0.25, 0.3) is 5.79 Å². The van der Waals surface area contributed by atoms with Gasteiger partial charge in [0.2, 0.25) is 0 Å². The number of fused-ring (bicyclic) bond motifs is 1. The number of allylic oxidation sites excluding steroid dienone is 3. The van der Waals surface area contributed by atoms with Crippen LogP contribution in [0.5, 0.6) is 0 Å². The number of anilines is 1. The second kappa shape index (κ2) is 10.5. The van der Waals surface area contributed by atoms with Crippen molar-refractivity contribution in [1.82, 2.24) is 0 Å². The lowest BCUT2D eigenvalue weighted by molar-refractivity contribution is -0.244. The number of halogens is 1. The fourth-order valence-electron chi connectivity index (χ4n) is 5.60. The highest BCUT2D eigenvalue weighted by Crippen LogP contribution is 2.48. The summed E-state index contributed by atoms with van der Waals surface area (Å²) in [5.74, 6) is -2.62. The summed E-state index contributed by atoms with van der Waals surface area (Å²) in [6.07, 6.45) is 14.2. The summed E-state index contributed by atoms with van der Waals surface area (Å²) >= 11 is 0. The maximum absolute atomic E-state index is 14.2. The highest BCUT2D eigenvalue weighted by atomic mass is 19.1. The largest absolute Gasteiger partial charge is 0.419 e. The zero-order chi connectivity index (χ0) is 25.1. The van der Waals surface area contributed by atoms with Crippen LogP contribution in [0.3, 0.4) is 0 Å². The molecule has 0 aromatic heterocycles. The van der Waals surface area contributed by atoms with Crippen LogP contribution in [0.4, 0.5) is 10.1 Å². The Morgan fingerprint density at radius 2 is 1.60 bits per heavy atom. The van der Waals surface area contributed by atoms with Crippen LogP contribution in [0.15, 0.2) is 41.6 Å². The molecule has 3 aliphatic rings. The zero-order valence-electron chi connectivity index (χ0n) is 21.3. The van der Waals surface area contributed by atoms with Gasteiger partial charge in [0, 0.05) is 36.2 Å². The van der Waals surface area contributed by atoms with E-state index in [-0.39, 0.29) is 11.4 Å². The summed E-state index contributed by atoms with van der Waals surface area (Å²) in [6, 6.07) is 4.91. The van der Waals surface area contributed by atoms with E-state index in [1.807, 2.05) is 12.1 Å². The third-order valence-corrected chi connectivity index (χ3v) is 7.61. The molecule has 2 heterocycles. The molecule has 2 fully saturated rings. The monoisotopic (exact) mass is 483 g/mol. The smallest absolute Gasteiger partial charge is 0.348 e. The van der Waals surface area contributed by atoms with E-state index in [1.54, 1.807) is 6.07 Å². The van der Waals surface area contributed by atoms with Gasteiger partial charge in [-0.05, 0) is 49.1 Å². The van der Waals surface area contributed by atoms with Crippen molar-refractivity contribution >= 4 is 17.6 Å². The Morgan fingerprint density at radius 1 is 0.943 bits per heavy atom. The minimum Gasteiger partial charge on any atom is -0.419 e. The van der Waals surface area contributed by atoms with Crippen LogP contribution in [-0.2, 0) is 24.5 Å². The van der Waals surface area contributed by atoms with Crippen LogP contribution in [0.25, 0.3) is 0 Å². The summed E-state index contributed by atoms with van der Waals surface area (Å²) in [4.78, 5) is 27.7. The van der Waals surface area contributed by atoms with Crippen molar-refractivity contribution in [3.63, 3.8) is 0 Å². The molecule has 1 aromatic carbocycles. The van der Waals surface area contributed by atoms with Crippen LogP contribution in [0, 0.1) is 5.82 Å². The molecule has 4 rings (SSSR count). The lowest BCUT2D eigenvalue weighted by atomic mass is 9.83. The van der Waals surface area contributed by atoms with Crippen LogP contribution in [0.2, 0.25) is 0 Å². The Labute approximate surface area is 208 Å². The molecule has 0 radical (unpaired) electrons. The Balaban J connectivity index is 1.58. The van der Waals surface area contributed by atoms with E-state index in [2.05, 4.69) is 25.7 Å². The first kappa shape index (κ1) is 25.5. The topological polar surface area (TPSA) is 55.8 Å². The number of benzene rings is 1. The van der Waals surface area contributed by atoms with E-state index in [9.17, 15) is 14.0 Å². The van der Waals surface area contributed by atoms with Gasteiger partial charge in [0.15, 0.2) is 0 Å². The molecule has 0 amide bonds. The van der Waals surface area contributed by atoms with E-state index in [0.29, 0.717) is 12.8 Å². The summed E-state index contributed by atoms with van der Waals surface area (Å²) < 4.78 is 25.5. The third kappa shape index (κ3) is 5.31. The van der Waals surface area contributed by atoms with E-state index < -0.39 is 23.1 Å². The maximum Gasteiger partial charge on any atom is 0.348 e. The number of hydrogen-bond donors (Lipinski definition) is 0. The predicted octanol–water partition coefficient (Wildman–Crippen LogP) is 6.85. The van der Waals surface area contributed by atoms with Crippen molar-refractivity contribution in [3.8, 4) is 0 Å². The number of hydrogen-bond acceptors (Lipinski definition) is 5. The highest BCUT2D eigenvalue weighted by Gasteiger charge is 2.47. The molecule has 0 N–H and O–H groups in total. The molecular formula is C29H38FNO4. The number of ether oxygens (including phenoxy) is 2. The van der Waals surface area contributed by atoms with Gasteiger partial charge in [-0.25, -0.2) is 14.0 Å². The molecule has 0 bridgehead atoms. The van der Waals surface area contributed by atoms with E-state index in [4.69, 9.17) is 9.47 Å². The van der Waals surface area contributed by atoms with Crippen LogP contribution in [-0.4, -0.2) is 24.3 Å². The van der Waals surface area contributed by atoms with Crippen molar-refractivity contribution in [3.05, 3.63) is 53.0 Å². The van der Waals surface area contributed by atoms with Gasteiger partial charge in [-0.2, -0.15) is 0 Å². The fourth-order valence-corrected chi connectivity index (χ4v) is 5.60. The van der Waals surface area contributed by atoms with Crippen LogP contribution >= 0.6 is 0 Å². The van der Waals surface area contributed by atoms with Crippen molar-refractivity contribution in [1.29, 1.82) is 0 Å². The second-order valence-electron chi connectivity index (χ2n) is 10.6. The minimum absolute atomic E-state index is 0.0915. The molecule has 0 unspecified atom stereocenters. The number of carbonyl (C=O) groups excluding carboxylic acids is 2. The summed E-state index contributed by atoms with van der Waals surface area (Å²) in [6.45, 7) is 7.13. The standard InChI is InChI=1S/C29H38FNO4/c1-4-5-6-7-8-12-19-31-24-20-21(30)13-15-23(24)28(2,3)25(31)16-14-22-26(32)34-29(35-27(22)33)17-10-9-11-18-29/h13-16,20H,4-12,17-19H2,1-3H3/b25-16+. The number of unbranched alkanes of at least 4 members (excludes halogenated alkanes) is 5. The summed E-state index contributed by atoms with van der Waals surface area (Å²) in [5.41, 5.74) is 2.31. The fraction of sp³-hybridized carbons (Fsp3) is 0.586. The second-order valence-corrected chi connectivity index (χ2v) is 10.6. The molecule has 0 atom stereocenters. The van der Waals surface area contributed by atoms with Crippen LogP contribution in [0.1, 0.15) is 97.0 Å². The number of rotatable bonds is 8. The van der Waals surface area contributed by atoms with Crippen molar-refractivity contribution in [2.45, 2.75) is 103 Å². The Kier molecular flexibility index (Phi) is 7.67. The molecule has 1 aliphatic carbocycles. The average molecular weight is 484 g/mol. The van der Waals surface area contributed by atoms with Gasteiger partial charge in [-0.15, -0.1) is 0 Å². The molecular weight excluding hydrogens is 445 g/mol. The Hall–Kier alpha value is -2.63. The zero-order valence-corrected chi connectivity index (χ0v) is 21.3. The molecule has 1 saturated carbocycles. The molecule has 5 nitrogen and oxygen atoms in total. The van der Waals surface area contributed by atoms with Gasteiger partial charge in [-0.1, -0.05) is 65.4 Å². The number of carbonyl (C=O) groups is 2. The van der Waals surface area contributed by atoms with Gasteiger partial charge in [0.05, 0.1) is 0 Å². The van der Waals surface area contributed by atoms with Crippen molar-refractivity contribution < 1.29 is 23.5 Å². The van der Waals surface area contributed by atoms with Crippen LogP contribution < -0.4 is 4.90 Å². The number of nitrogens with zero attached hydrogens (tertiary/aromatic N) is 1. The lowest BCUT2D eigenvalue weighted by Crippen LogP contribution is -2.47. The van der Waals surface area contributed by atoms with E-state index >= 15 is 0 Å². The van der Waals surface area contributed by atoms with E-state index in [1.165, 1.54) is 37.8 Å². The predicted molar refractivity (Wildman–Crippen MR) is 134 cm³/mol. The first-order valence-electron chi connectivity index (χ1n) is 13.2. The number of esters is 2. The molecule has 2 aliphatic heterocycles. The molecule has 190 valence electrons. The summed E-state index contributed by atoms with van der Waals surface area (Å²) in [7, 11) is 0. The van der Waals surface area contributed by atoms with Crippen molar-refractivity contribution in [2.24, 2.45) is 0 Å². The quantitative estimate of drug-likeness (QED) is 0.175. The molecule has 35 heavy (non-hydrogen) atoms. The Bertz CT molecular complexity index is 998. The Morgan fingerprint density at radius 3 is 2.29 bits per heavy atom. The van der Waals surface area contributed by atoms with Gasteiger partial charge < -0.3 is 14.4 Å². The van der Waals surface area contributed by atoms with Gasteiger partial charge in [0.1, 0.15) is 11.4 Å². The first-order valence-corrected chi connectivity index (χ1v) is 13.2. The lowest BCUT2D eigenvalue weighted by Gasteiger charge is -2.38. The molecule has 1 saturated heterocycles. The summed E-state index contributed by atoms with van der Waals surface area (Å²) in [5, 5.41) is 0. The van der Waals surface area contributed by atoms with Crippen molar-refractivity contribution in [2.75, 3.05) is 11.4 Å². The molecule has 6 heteroatoms. The molecule has 1 aromatic rings. The average Bonchev–Trinajstić information content (AvgIpc) is 3.01. The SMILES string of the molecule is CCCCCCCCN1/C(=C/C=C2C(=O)OC3(CCCCC3)OC2=O)C(C)(C)c2ccc(F)cc21. The van der Waals surface area contributed by atoms with E-state index in [0.717, 1.165) is 55.6 Å².